The number of Topliss-reactive ketones (excluding diaryl/α,β-unsaturated/α-hetero) is 1. The van der Waals surface area contributed by atoms with E-state index < -0.39 is 9.84 Å². The summed E-state index contributed by atoms with van der Waals surface area (Å²) in [4.78, 5) is 11.9. The highest BCUT2D eigenvalue weighted by Crippen LogP contribution is 2.12. The Morgan fingerprint density at radius 3 is 2.53 bits per heavy atom. The maximum atomic E-state index is 11.9. The molecule has 0 atom stereocenters. The van der Waals surface area contributed by atoms with Gasteiger partial charge in [-0.15, -0.1) is 0 Å². The summed E-state index contributed by atoms with van der Waals surface area (Å²) in [7, 11) is -3.10. The molecule has 0 aromatic heterocycles. The lowest BCUT2D eigenvalue weighted by atomic mass is 10.00. The molecule has 0 bridgehead atoms. The van der Waals surface area contributed by atoms with Crippen molar-refractivity contribution in [1.29, 1.82) is 0 Å². The minimum atomic E-state index is -3.10. The van der Waals surface area contributed by atoms with E-state index in [1.807, 2.05) is 12.1 Å². The third kappa shape index (κ3) is 4.66. The number of carbonyl (C=O) groups is 1. The highest BCUT2D eigenvalue weighted by atomic mass is 32.2. The summed E-state index contributed by atoms with van der Waals surface area (Å²) in [6, 6.07) is 7.18. The van der Waals surface area contributed by atoms with E-state index in [1.54, 1.807) is 12.1 Å². The maximum Gasteiger partial charge on any atom is 0.164 e. The molecule has 0 saturated carbocycles. The molecule has 5 heteroatoms. The molecular weight excluding hydrogens is 238 g/mol. The fraction of sp³-hybridized carbons (Fsp3) is 0.417. The minimum Gasteiger partial charge on any atom is -0.330 e. The summed E-state index contributed by atoms with van der Waals surface area (Å²) in [5.41, 5.74) is 6.93. The van der Waals surface area contributed by atoms with Crippen molar-refractivity contribution in [2.24, 2.45) is 5.73 Å². The number of benzene rings is 1. The fourth-order valence-corrected chi connectivity index (χ4v) is 2.13. The standard InChI is InChI=1S/C12H17NO3S/c1-17(15,16)9-7-12(14)11-5-3-2-4-10(11)6-8-13/h2-5H,6-9,13H2,1H3. The summed E-state index contributed by atoms with van der Waals surface area (Å²) >= 11 is 0. The summed E-state index contributed by atoms with van der Waals surface area (Å²) < 4.78 is 22.0. The molecule has 0 spiro atoms. The van der Waals surface area contributed by atoms with E-state index in [4.69, 9.17) is 5.73 Å². The minimum absolute atomic E-state index is 0.0282. The zero-order valence-electron chi connectivity index (χ0n) is 9.85. The van der Waals surface area contributed by atoms with E-state index in [2.05, 4.69) is 0 Å². The van der Waals surface area contributed by atoms with E-state index in [-0.39, 0.29) is 18.0 Å². The van der Waals surface area contributed by atoms with Gasteiger partial charge in [-0.3, -0.25) is 4.79 Å². The highest BCUT2D eigenvalue weighted by Gasteiger charge is 2.13. The van der Waals surface area contributed by atoms with Crippen molar-refractivity contribution in [3.05, 3.63) is 35.4 Å². The fourth-order valence-electron chi connectivity index (χ4n) is 1.58. The lowest BCUT2D eigenvalue weighted by Gasteiger charge is -2.07. The molecule has 1 aromatic carbocycles. The van der Waals surface area contributed by atoms with Crippen molar-refractivity contribution in [1.82, 2.24) is 0 Å². The van der Waals surface area contributed by atoms with Gasteiger partial charge in [-0.1, -0.05) is 24.3 Å². The number of nitrogens with two attached hydrogens (primary N) is 1. The SMILES string of the molecule is CS(=O)(=O)CCC(=O)c1ccccc1CCN. The zero-order valence-corrected chi connectivity index (χ0v) is 10.7. The largest absolute Gasteiger partial charge is 0.330 e. The van der Waals surface area contributed by atoms with Crippen LogP contribution in [0.2, 0.25) is 0 Å². The van der Waals surface area contributed by atoms with Gasteiger partial charge in [0.15, 0.2) is 5.78 Å². The van der Waals surface area contributed by atoms with Crippen LogP contribution < -0.4 is 5.73 Å². The predicted molar refractivity (Wildman–Crippen MR) is 67.9 cm³/mol. The molecule has 0 aliphatic carbocycles. The van der Waals surface area contributed by atoms with Gasteiger partial charge in [-0.25, -0.2) is 8.42 Å². The molecule has 4 nitrogen and oxygen atoms in total. The predicted octanol–water partition coefficient (Wildman–Crippen LogP) is 0.805. The van der Waals surface area contributed by atoms with Gasteiger partial charge in [0.25, 0.3) is 0 Å². The van der Waals surface area contributed by atoms with E-state index in [0.717, 1.165) is 11.8 Å². The molecule has 0 fully saturated rings. The van der Waals surface area contributed by atoms with E-state index in [0.29, 0.717) is 18.5 Å². The third-order valence-corrected chi connectivity index (χ3v) is 3.38. The number of sulfone groups is 1. The van der Waals surface area contributed by atoms with Crippen LogP contribution in [0.1, 0.15) is 22.3 Å². The van der Waals surface area contributed by atoms with Crippen LogP contribution in [0.25, 0.3) is 0 Å². The van der Waals surface area contributed by atoms with Gasteiger partial charge in [0, 0.05) is 18.2 Å². The highest BCUT2D eigenvalue weighted by molar-refractivity contribution is 7.90. The molecule has 0 aliphatic heterocycles. The molecule has 0 aliphatic rings. The van der Waals surface area contributed by atoms with Crippen molar-refractivity contribution < 1.29 is 13.2 Å². The molecule has 1 rings (SSSR count). The van der Waals surface area contributed by atoms with Gasteiger partial charge >= 0.3 is 0 Å². The van der Waals surface area contributed by atoms with Crippen LogP contribution in [-0.4, -0.2) is 32.8 Å². The summed E-state index contributed by atoms with van der Waals surface area (Å²) in [5, 5.41) is 0. The van der Waals surface area contributed by atoms with Crippen LogP contribution in [0.4, 0.5) is 0 Å². The second kappa shape index (κ2) is 5.93. The van der Waals surface area contributed by atoms with Crippen LogP contribution in [0.5, 0.6) is 0 Å². The molecule has 1 aromatic rings. The zero-order chi connectivity index (χ0) is 12.9. The number of hydrogen-bond donors (Lipinski definition) is 1. The van der Waals surface area contributed by atoms with Crippen molar-refractivity contribution in [2.75, 3.05) is 18.6 Å². The molecular formula is C12H17NO3S. The summed E-state index contributed by atoms with van der Waals surface area (Å²) in [5.74, 6) is -0.248. The quantitative estimate of drug-likeness (QED) is 0.763. The molecule has 2 N–H and O–H groups in total. The number of hydrogen-bond acceptors (Lipinski definition) is 4. The Kier molecular flexibility index (Phi) is 4.84. The average Bonchev–Trinajstić information content (AvgIpc) is 2.26. The number of carbonyl (C=O) groups excluding carboxylic acids is 1. The molecule has 0 heterocycles. The smallest absolute Gasteiger partial charge is 0.164 e. The maximum absolute atomic E-state index is 11.9. The molecule has 0 radical (unpaired) electrons. The van der Waals surface area contributed by atoms with Gasteiger partial charge in [0.05, 0.1) is 5.75 Å². The van der Waals surface area contributed by atoms with Crippen molar-refractivity contribution in [3.63, 3.8) is 0 Å². The Balaban J connectivity index is 2.81. The van der Waals surface area contributed by atoms with Crippen LogP contribution in [0.3, 0.4) is 0 Å². The van der Waals surface area contributed by atoms with Gasteiger partial charge in [0.1, 0.15) is 9.84 Å². The van der Waals surface area contributed by atoms with Crippen LogP contribution in [-0.2, 0) is 16.3 Å². The molecule has 17 heavy (non-hydrogen) atoms. The number of ketones is 1. The second-order valence-electron chi connectivity index (χ2n) is 4.00. The van der Waals surface area contributed by atoms with Crippen LogP contribution in [0, 0.1) is 0 Å². The summed E-state index contributed by atoms with van der Waals surface area (Å²) in [6.07, 6.45) is 1.78. The van der Waals surface area contributed by atoms with Crippen molar-refractivity contribution in [2.45, 2.75) is 12.8 Å². The van der Waals surface area contributed by atoms with Gasteiger partial charge in [-0.05, 0) is 18.5 Å². The molecule has 0 amide bonds. The third-order valence-electron chi connectivity index (χ3n) is 2.43. The average molecular weight is 255 g/mol. The van der Waals surface area contributed by atoms with Gasteiger partial charge < -0.3 is 5.73 Å². The van der Waals surface area contributed by atoms with Crippen LogP contribution in [0.15, 0.2) is 24.3 Å². The molecule has 94 valence electrons. The van der Waals surface area contributed by atoms with E-state index >= 15 is 0 Å². The first-order chi connectivity index (χ1) is 7.94. The Hall–Kier alpha value is -1.20. The van der Waals surface area contributed by atoms with E-state index in [9.17, 15) is 13.2 Å². The first kappa shape index (κ1) is 13.9. The Morgan fingerprint density at radius 2 is 1.94 bits per heavy atom. The van der Waals surface area contributed by atoms with Gasteiger partial charge in [-0.2, -0.15) is 0 Å². The summed E-state index contributed by atoms with van der Waals surface area (Å²) in [6.45, 7) is 0.469. The van der Waals surface area contributed by atoms with Crippen molar-refractivity contribution >= 4 is 15.6 Å². The monoisotopic (exact) mass is 255 g/mol. The first-order valence-electron chi connectivity index (χ1n) is 5.43. The normalized spacial score (nSPS) is 11.4. The molecule has 0 unspecified atom stereocenters. The van der Waals surface area contributed by atoms with E-state index in [1.165, 1.54) is 0 Å². The lowest BCUT2D eigenvalue weighted by molar-refractivity contribution is 0.0988. The topological polar surface area (TPSA) is 77.2 Å². The van der Waals surface area contributed by atoms with Crippen LogP contribution >= 0.6 is 0 Å². The Morgan fingerprint density at radius 1 is 1.29 bits per heavy atom. The lowest BCUT2D eigenvalue weighted by Crippen LogP contribution is -2.13. The second-order valence-corrected chi connectivity index (χ2v) is 6.26. The number of rotatable bonds is 6. The first-order valence-corrected chi connectivity index (χ1v) is 7.49. The molecule has 0 saturated heterocycles. The Labute approximate surface area is 102 Å². The van der Waals surface area contributed by atoms with Gasteiger partial charge in [0.2, 0.25) is 0 Å². The van der Waals surface area contributed by atoms with Crippen molar-refractivity contribution in [3.8, 4) is 0 Å². The Bertz CT molecular complexity index is 494.